The molecule has 2 aromatic carbocycles. The van der Waals surface area contributed by atoms with Crippen LogP contribution in [-0.2, 0) is 29.0 Å². The van der Waals surface area contributed by atoms with E-state index >= 15 is 0 Å². The van der Waals surface area contributed by atoms with E-state index in [0.29, 0.717) is 30.9 Å². The normalized spacial score (nSPS) is 13.7. The number of nitrogens with zero attached hydrogens (tertiary/aromatic N) is 5. The molecule has 264 valence electrons. The zero-order valence-corrected chi connectivity index (χ0v) is 28.4. The summed E-state index contributed by atoms with van der Waals surface area (Å²) < 4.78 is 18.7. The van der Waals surface area contributed by atoms with Crippen LogP contribution in [-0.4, -0.2) is 99.5 Å². The van der Waals surface area contributed by atoms with Crippen molar-refractivity contribution in [2.24, 2.45) is 0 Å². The molecule has 3 heterocycles. The molecule has 1 fully saturated rings. The van der Waals surface area contributed by atoms with Gasteiger partial charge in [-0.1, -0.05) is 49.7 Å². The number of H-pyrrole nitrogens is 1. The van der Waals surface area contributed by atoms with E-state index in [4.69, 9.17) is 19.9 Å². The molecule has 13 heteroatoms. The molecule has 13 nitrogen and oxygen atoms in total. The molecule has 1 aliphatic rings. The predicted octanol–water partition coefficient (Wildman–Crippen LogP) is 3.94. The number of ether oxygens (including phenoxy) is 3. The lowest BCUT2D eigenvalue weighted by atomic mass is 10.1. The van der Waals surface area contributed by atoms with Crippen LogP contribution in [0.25, 0.3) is 11.2 Å². The number of hydrogen-bond acceptors (Lipinski definition) is 10. The summed E-state index contributed by atoms with van der Waals surface area (Å²) in [6, 6.07) is 15.8. The number of carboxylic acids is 1. The number of imidazole rings is 1. The minimum Gasteiger partial charge on any atom is -0.494 e. The van der Waals surface area contributed by atoms with Crippen LogP contribution in [0.4, 0.5) is 5.82 Å². The first kappa shape index (κ1) is 35.8. The molecule has 0 atom stereocenters. The third kappa shape index (κ3) is 11.0. The van der Waals surface area contributed by atoms with Crippen LogP contribution in [0.5, 0.6) is 11.8 Å². The third-order valence-electron chi connectivity index (χ3n) is 8.57. The van der Waals surface area contributed by atoms with Gasteiger partial charge in [-0.15, -0.1) is 0 Å². The lowest BCUT2D eigenvalue weighted by Crippen LogP contribution is -2.38. The maximum atomic E-state index is 12.8. The number of nitrogen functional groups attached to an aromatic ring is 1. The standard InChI is InChI=1S/C36H49N7O6/c1-2-3-19-49-35-39-33(37)32-34(40-35)43(36(46)38-32)26-27-10-12-30(13-11-27)48-20-5-4-14-42(16-7-15-41-17-21-47-22-18-41)25-29-9-6-8-28(23-29)24-31(44)45/h6,8-13,23H,2-5,7,14-22,24-26H2,1H3,(H,38,46)(H,44,45)(H2,37,39,40). The zero-order valence-electron chi connectivity index (χ0n) is 28.4. The first-order chi connectivity index (χ1) is 23.9. The molecule has 49 heavy (non-hydrogen) atoms. The molecule has 1 saturated heterocycles. The largest absolute Gasteiger partial charge is 0.494 e. The van der Waals surface area contributed by atoms with E-state index in [9.17, 15) is 14.7 Å². The van der Waals surface area contributed by atoms with Gasteiger partial charge in [0.05, 0.1) is 39.4 Å². The first-order valence-electron chi connectivity index (χ1n) is 17.3. The summed E-state index contributed by atoms with van der Waals surface area (Å²) in [6.45, 7) is 10.7. The minimum absolute atomic E-state index is 0.0320. The average molecular weight is 676 g/mol. The molecule has 4 N–H and O–H groups in total. The van der Waals surface area contributed by atoms with Gasteiger partial charge in [0.15, 0.2) is 11.5 Å². The lowest BCUT2D eigenvalue weighted by molar-refractivity contribution is -0.136. The molecule has 0 unspecified atom stereocenters. The summed E-state index contributed by atoms with van der Waals surface area (Å²) in [4.78, 5) is 40.3. The number of nitrogens with one attached hydrogen (secondary N) is 1. The summed E-state index contributed by atoms with van der Waals surface area (Å²) in [5, 5.41) is 9.22. The molecule has 4 aromatic rings. The van der Waals surface area contributed by atoms with E-state index in [0.717, 1.165) is 107 Å². The van der Waals surface area contributed by atoms with Crippen LogP contribution in [0.1, 0.15) is 55.7 Å². The summed E-state index contributed by atoms with van der Waals surface area (Å²) in [5.41, 5.74) is 9.46. The number of aromatic amines is 1. The van der Waals surface area contributed by atoms with Crippen molar-refractivity contribution in [3.63, 3.8) is 0 Å². The Morgan fingerprint density at radius 3 is 2.51 bits per heavy atom. The Labute approximate surface area is 287 Å². The number of morpholine rings is 1. The molecule has 0 aliphatic carbocycles. The third-order valence-corrected chi connectivity index (χ3v) is 8.57. The lowest BCUT2D eigenvalue weighted by Gasteiger charge is -2.28. The number of unbranched alkanes of at least 4 members (excludes halogenated alkanes) is 2. The van der Waals surface area contributed by atoms with Crippen LogP contribution in [0.3, 0.4) is 0 Å². The van der Waals surface area contributed by atoms with Crippen molar-refractivity contribution in [3.05, 3.63) is 75.7 Å². The van der Waals surface area contributed by atoms with Gasteiger partial charge in [0.25, 0.3) is 0 Å². The molecule has 0 spiro atoms. The monoisotopic (exact) mass is 675 g/mol. The summed E-state index contributed by atoms with van der Waals surface area (Å²) in [7, 11) is 0. The number of rotatable bonds is 20. The molecule has 0 radical (unpaired) electrons. The van der Waals surface area contributed by atoms with Crippen molar-refractivity contribution in [3.8, 4) is 11.8 Å². The average Bonchev–Trinajstić information content (AvgIpc) is 3.40. The van der Waals surface area contributed by atoms with Gasteiger partial charge in [0, 0.05) is 19.6 Å². The van der Waals surface area contributed by atoms with Gasteiger partial charge in [0.2, 0.25) is 0 Å². The Morgan fingerprint density at radius 1 is 0.980 bits per heavy atom. The Hall–Kier alpha value is -4.46. The Kier molecular flexibility index (Phi) is 13.4. The maximum absolute atomic E-state index is 12.8. The van der Waals surface area contributed by atoms with E-state index in [1.54, 1.807) is 0 Å². The van der Waals surface area contributed by atoms with Crippen molar-refractivity contribution in [1.29, 1.82) is 0 Å². The smallest absolute Gasteiger partial charge is 0.328 e. The van der Waals surface area contributed by atoms with Crippen LogP contribution in [0.15, 0.2) is 53.3 Å². The van der Waals surface area contributed by atoms with Crippen molar-refractivity contribution < 1.29 is 24.1 Å². The number of fused-ring (bicyclic) bond motifs is 1. The predicted molar refractivity (Wildman–Crippen MR) is 188 cm³/mol. The summed E-state index contributed by atoms with van der Waals surface area (Å²) in [6.07, 6.45) is 4.82. The SMILES string of the molecule is CCCCOc1nc(N)c2[nH]c(=O)n(Cc3ccc(OCCCCN(CCCN4CCOCC4)Cc4cccc(CC(=O)O)c4)cc3)c2n1. The fourth-order valence-electron chi connectivity index (χ4n) is 5.93. The molecular weight excluding hydrogens is 626 g/mol. The number of carbonyl (C=O) groups is 1. The highest BCUT2D eigenvalue weighted by Crippen LogP contribution is 2.20. The van der Waals surface area contributed by atoms with Crippen LogP contribution < -0.4 is 20.9 Å². The van der Waals surface area contributed by atoms with Crippen molar-refractivity contribution in [1.82, 2.24) is 29.3 Å². The van der Waals surface area contributed by atoms with E-state index in [1.165, 1.54) is 4.57 Å². The molecule has 0 saturated carbocycles. The van der Waals surface area contributed by atoms with E-state index in [-0.39, 0.29) is 23.9 Å². The van der Waals surface area contributed by atoms with Crippen LogP contribution in [0, 0.1) is 0 Å². The topological polar surface area (TPSA) is 161 Å². The number of hydrogen-bond donors (Lipinski definition) is 3. The minimum atomic E-state index is -0.818. The maximum Gasteiger partial charge on any atom is 0.328 e. The van der Waals surface area contributed by atoms with Gasteiger partial charge < -0.3 is 30.0 Å². The fraction of sp³-hybridized carbons (Fsp3) is 0.500. The van der Waals surface area contributed by atoms with Gasteiger partial charge >= 0.3 is 17.7 Å². The second-order valence-corrected chi connectivity index (χ2v) is 12.5. The number of aromatic nitrogens is 4. The Balaban J connectivity index is 1.11. The summed E-state index contributed by atoms with van der Waals surface area (Å²) in [5.74, 6) is 0.129. The van der Waals surface area contributed by atoms with Gasteiger partial charge in [-0.3, -0.25) is 19.2 Å². The van der Waals surface area contributed by atoms with Gasteiger partial charge in [-0.05, 0) is 74.1 Å². The second kappa shape index (κ2) is 18.3. The van der Waals surface area contributed by atoms with Gasteiger partial charge in [-0.2, -0.15) is 9.97 Å². The number of anilines is 1. The highest BCUT2D eigenvalue weighted by atomic mass is 16.5. The van der Waals surface area contributed by atoms with Crippen LogP contribution >= 0.6 is 0 Å². The number of carboxylic acid groups (broad SMARTS) is 1. The molecule has 5 rings (SSSR count). The van der Waals surface area contributed by atoms with E-state index in [1.807, 2.05) is 42.5 Å². The molecule has 0 amide bonds. The Bertz CT molecular complexity index is 1680. The molecule has 1 aliphatic heterocycles. The molecular formula is C36H49N7O6. The molecule has 0 bridgehead atoms. The van der Waals surface area contributed by atoms with Gasteiger partial charge in [-0.25, -0.2) is 4.79 Å². The Morgan fingerprint density at radius 2 is 1.73 bits per heavy atom. The van der Waals surface area contributed by atoms with Crippen LogP contribution in [0.2, 0.25) is 0 Å². The summed E-state index contributed by atoms with van der Waals surface area (Å²) >= 11 is 0. The molecule has 2 aromatic heterocycles. The highest BCUT2D eigenvalue weighted by Gasteiger charge is 2.16. The number of benzene rings is 2. The first-order valence-corrected chi connectivity index (χ1v) is 17.3. The number of aliphatic carboxylic acids is 1. The van der Waals surface area contributed by atoms with Crippen molar-refractivity contribution in [2.75, 3.05) is 64.9 Å². The highest BCUT2D eigenvalue weighted by molar-refractivity contribution is 5.82. The van der Waals surface area contributed by atoms with E-state index in [2.05, 4.69) is 37.7 Å². The van der Waals surface area contributed by atoms with Gasteiger partial charge in [0.1, 0.15) is 11.3 Å². The van der Waals surface area contributed by atoms with E-state index < -0.39 is 5.97 Å². The second-order valence-electron chi connectivity index (χ2n) is 12.5. The number of nitrogens with two attached hydrogens (primary N) is 1. The fourth-order valence-corrected chi connectivity index (χ4v) is 5.93. The van der Waals surface area contributed by atoms with Crippen molar-refractivity contribution >= 4 is 23.0 Å². The van der Waals surface area contributed by atoms with Crippen molar-refractivity contribution in [2.45, 2.75) is 58.5 Å². The zero-order chi connectivity index (χ0) is 34.4. The quantitative estimate of drug-likeness (QED) is 0.116.